The van der Waals surface area contributed by atoms with Gasteiger partial charge < -0.3 is 15.4 Å². The van der Waals surface area contributed by atoms with Crippen molar-refractivity contribution in [3.63, 3.8) is 0 Å². The zero-order valence-corrected chi connectivity index (χ0v) is 19.3. The van der Waals surface area contributed by atoms with Gasteiger partial charge in [0.2, 0.25) is 0 Å². The smallest absolute Gasteiger partial charge is 0.259 e. The van der Waals surface area contributed by atoms with Crippen molar-refractivity contribution < 1.29 is 9.53 Å². The molecule has 3 aromatic carbocycles. The Balaban J connectivity index is 1.52. The third-order valence-electron chi connectivity index (χ3n) is 5.01. The quantitative estimate of drug-likeness (QED) is 0.366. The third kappa shape index (κ3) is 5.08. The van der Waals surface area contributed by atoms with Crippen molar-refractivity contribution in [3.05, 3.63) is 88.2 Å². The van der Waals surface area contributed by atoms with Crippen LogP contribution in [0.3, 0.4) is 0 Å². The number of aromatic nitrogens is 4. The number of nitrogens with zero attached hydrogens (tertiary/aromatic N) is 4. The molecule has 0 saturated heterocycles. The topological polar surface area (TPSA) is 94.0 Å². The minimum atomic E-state index is -0.397. The predicted molar refractivity (Wildman–Crippen MR) is 129 cm³/mol. The highest BCUT2D eigenvalue weighted by Crippen LogP contribution is 2.32. The molecule has 1 atom stereocenters. The van der Waals surface area contributed by atoms with Crippen molar-refractivity contribution in [1.82, 2.24) is 20.2 Å². The first kappa shape index (κ1) is 22.6. The molecular weight excluding hydrogens is 463 g/mol. The van der Waals surface area contributed by atoms with Gasteiger partial charge in [0.25, 0.3) is 5.91 Å². The minimum absolute atomic E-state index is 0.0641. The fraction of sp³-hybridized carbons (Fsp3) is 0.130. The molecule has 0 spiro atoms. The third-order valence-corrected chi connectivity index (χ3v) is 5.62. The first-order valence-electron chi connectivity index (χ1n) is 9.99. The summed E-state index contributed by atoms with van der Waals surface area (Å²) in [6.45, 7) is 2.05. The van der Waals surface area contributed by atoms with Crippen molar-refractivity contribution in [2.75, 3.05) is 17.7 Å². The molecule has 4 aromatic rings. The lowest BCUT2D eigenvalue weighted by Gasteiger charge is -2.17. The first-order valence-corrected chi connectivity index (χ1v) is 10.7. The van der Waals surface area contributed by atoms with Crippen LogP contribution in [0.25, 0.3) is 5.69 Å². The molecule has 0 aliphatic rings. The number of tetrazole rings is 1. The summed E-state index contributed by atoms with van der Waals surface area (Å²) in [5.41, 5.74) is 3.18. The number of carbonyl (C=O) groups is 1. The van der Waals surface area contributed by atoms with Crippen molar-refractivity contribution in [2.24, 2.45) is 0 Å². The molecule has 1 heterocycles. The molecule has 0 bridgehead atoms. The fourth-order valence-electron chi connectivity index (χ4n) is 3.30. The number of nitrogens with one attached hydrogen (secondary N) is 2. The molecule has 0 saturated carbocycles. The zero-order chi connectivity index (χ0) is 23.4. The van der Waals surface area contributed by atoms with Gasteiger partial charge in [-0.3, -0.25) is 4.79 Å². The number of amides is 1. The number of rotatable bonds is 7. The summed E-state index contributed by atoms with van der Waals surface area (Å²) in [6, 6.07) is 18.5. The van der Waals surface area contributed by atoms with Gasteiger partial charge in [-0.05, 0) is 47.2 Å². The summed E-state index contributed by atoms with van der Waals surface area (Å²) in [4.78, 5) is 12.9. The Labute approximate surface area is 200 Å². The van der Waals surface area contributed by atoms with Crippen LogP contribution >= 0.6 is 23.2 Å². The van der Waals surface area contributed by atoms with E-state index in [0.717, 1.165) is 11.3 Å². The molecule has 0 aliphatic heterocycles. The highest BCUT2D eigenvalue weighted by Gasteiger charge is 2.18. The van der Waals surface area contributed by atoms with Gasteiger partial charge in [0, 0.05) is 17.8 Å². The Hall–Kier alpha value is -3.62. The Morgan fingerprint density at radius 1 is 1.06 bits per heavy atom. The lowest BCUT2D eigenvalue weighted by molar-refractivity contribution is 0.102. The van der Waals surface area contributed by atoms with Gasteiger partial charge in [0.15, 0.2) is 0 Å². The van der Waals surface area contributed by atoms with E-state index in [0.29, 0.717) is 27.2 Å². The summed E-state index contributed by atoms with van der Waals surface area (Å²) in [5.74, 6) is -0.0742. The van der Waals surface area contributed by atoms with Crippen molar-refractivity contribution in [2.45, 2.75) is 13.0 Å². The van der Waals surface area contributed by atoms with Gasteiger partial charge >= 0.3 is 0 Å². The Morgan fingerprint density at radius 2 is 1.85 bits per heavy atom. The van der Waals surface area contributed by atoms with Crippen LogP contribution in [0.4, 0.5) is 11.4 Å². The fourth-order valence-corrected chi connectivity index (χ4v) is 3.79. The van der Waals surface area contributed by atoms with E-state index < -0.39 is 5.91 Å². The summed E-state index contributed by atoms with van der Waals surface area (Å²) in [7, 11) is 1.47. The van der Waals surface area contributed by atoms with Crippen LogP contribution in [0.15, 0.2) is 67.0 Å². The van der Waals surface area contributed by atoms with Gasteiger partial charge in [-0.15, -0.1) is 5.10 Å². The number of hydrogen-bond acceptors (Lipinski definition) is 6. The standard InChI is InChI=1S/C23H20Cl2N6O2/c1-14(15-6-4-3-5-7-15)27-20-9-8-16(10-18(20)24)28-23(32)17-11-19(25)21(12-22(17)33-2)31-13-26-29-30-31/h3-14,27H,1-2H3,(H,28,32). The number of benzene rings is 3. The van der Waals surface area contributed by atoms with Crippen molar-refractivity contribution in [1.29, 1.82) is 0 Å². The van der Waals surface area contributed by atoms with Crippen molar-refractivity contribution >= 4 is 40.5 Å². The normalized spacial score (nSPS) is 11.6. The molecule has 0 radical (unpaired) electrons. The van der Waals surface area contributed by atoms with Crippen molar-refractivity contribution in [3.8, 4) is 11.4 Å². The number of hydrogen-bond donors (Lipinski definition) is 2. The molecule has 1 amide bonds. The molecule has 4 rings (SSSR count). The predicted octanol–water partition coefficient (Wildman–Crippen LogP) is 5.40. The zero-order valence-electron chi connectivity index (χ0n) is 17.8. The second-order valence-electron chi connectivity index (χ2n) is 7.18. The first-order chi connectivity index (χ1) is 16.0. The average Bonchev–Trinajstić information content (AvgIpc) is 3.36. The average molecular weight is 483 g/mol. The Bertz CT molecular complexity index is 1270. The molecule has 10 heteroatoms. The van der Waals surface area contributed by atoms with Crippen LogP contribution in [0.2, 0.25) is 10.0 Å². The van der Waals surface area contributed by atoms with Crippen LogP contribution in [-0.2, 0) is 0 Å². The molecular formula is C23H20Cl2N6O2. The van der Waals surface area contributed by atoms with Crippen LogP contribution < -0.4 is 15.4 Å². The highest BCUT2D eigenvalue weighted by atomic mass is 35.5. The number of halogens is 2. The van der Waals surface area contributed by atoms with Gasteiger partial charge in [-0.25, -0.2) is 0 Å². The van der Waals surface area contributed by atoms with Gasteiger partial charge in [-0.2, -0.15) is 4.68 Å². The number of ether oxygens (including phenoxy) is 1. The molecule has 2 N–H and O–H groups in total. The van der Waals surface area contributed by atoms with E-state index in [1.165, 1.54) is 24.2 Å². The number of anilines is 2. The van der Waals surface area contributed by atoms with Gasteiger partial charge in [0.1, 0.15) is 12.1 Å². The van der Waals surface area contributed by atoms with Crippen LogP contribution in [0.5, 0.6) is 5.75 Å². The number of methoxy groups -OCH3 is 1. The molecule has 1 aromatic heterocycles. The molecule has 0 fully saturated rings. The molecule has 1 unspecified atom stereocenters. The summed E-state index contributed by atoms with van der Waals surface area (Å²) < 4.78 is 6.77. The highest BCUT2D eigenvalue weighted by molar-refractivity contribution is 6.34. The minimum Gasteiger partial charge on any atom is -0.496 e. The summed E-state index contributed by atoms with van der Waals surface area (Å²) in [5, 5.41) is 18.0. The van der Waals surface area contributed by atoms with Gasteiger partial charge in [-0.1, -0.05) is 53.5 Å². The maximum absolute atomic E-state index is 12.9. The van der Waals surface area contributed by atoms with Crippen LogP contribution in [0.1, 0.15) is 28.9 Å². The molecule has 0 aliphatic carbocycles. The Morgan fingerprint density at radius 3 is 2.52 bits per heavy atom. The largest absolute Gasteiger partial charge is 0.496 e. The molecule has 33 heavy (non-hydrogen) atoms. The van der Waals surface area contributed by atoms with Gasteiger partial charge in [0.05, 0.1) is 34.1 Å². The van der Waals surface area contributed by atoms with E-state index in [1.807, 2.05) is 36.4 Å². The summed E-state index contributed by atoms with van der Waals surface area (Å²) >= 11 is 12.8. The lowest BCUT2D eigenvalue weighted by atomic mass is 10.1. The SMILES string of the molecule is COc1cc(-n2cnnn2)c(Cl)cc1C(=O)Nc1ccc(NC(C)c2ccccc2)c(Cl)c1. The van der Waals surface area contributed by atoms with E-state index in [2.05, 4.69) is 33.1 Å². The molecule has 168 valence electrons. The monoisotopic (exact) mass is 482 g/mol. The maximum Gasteiger partial charge on any atom is 0.259 e. The number of carbonyl (C=O) groups excluding carboxylic acids is 1. The van der Waals surface area contributed by atoms with E-state index in [9.17, 15) is 4.79 Å². The van der Waals surface area contributed by atoms with Crippen LogP contribution in [-0.4, -0.2) is 33.2 Å². The van der Waals surface area contributed by atoms with E-state index in [4.69, 9.17) is 27.9 Å². The molecule has 8 nitrogen and oxygen atoms in total. The summed E-state index contributed by atoms with van der Waals surface area (Å²) in [6.07, 6.45) is 1.40. The maximum atomic E-state index is 12.9. The van der Waals surface area contributed by atoms with E-state index in [-0.39, 0.29) is 11.6 Å². The second-order valence-corrected chi connectivity index (χ2v) is 8.00. The second kappa shape index (κ2) is 9.89. The van der Waals surface area contributed by atoms with Crippen LogP contribution in [0, 0.1) is 0 Å². The lowest BCUT2D eigenvalue weighted by Crippen LogP contribution is -2.14. The van der Waals surface area contributed by atoms with E-state index in [1.54, 1.807) is 18.2 Å². The Kier molecular flexibility index (Phi) is 6.76. The van der Waals surface area contributed by atoms with E-state index >= 15 is 0 Å².